The van der Waals surface area contributed by atoms with E-state index in [1.54, 1.807) is 12.1 Å². The van der Waals surface area contributed by atoms with Gasteiger partial charge in [-0.25, -0.2) is 4.39 Å². The quantitative estimate of drug-likeness (QED) is 0.735. The monoisotopic (exact) mass is 359 g/mol. The Morgan fingerprint density at radius 3 is 2.60 bits per heavy atom. The van der Waals surface area contributed by atoms with E-state index in [-0.39, 0.29) is 17.8 Å². The van der Waals surface area contributed by atoms with Crippen LogP contribution in [0.1, 0.15) is 41.7 Å². The molecule has 6 heteroatoms. The van der Waals surface area contributed by atoms with E-state index < -0.39 is 0 Å². The lowest BCUT2D eigenvalue weighted by atomic mass is 10.1. The minimum absolute atomic E-state index is 0.0462. The van der Waals surface area contributed by atoms with Gasteiger partial charge in [-0.3, -0.25) is 9.48 Å². The standard InChI is InChI=1S/C19H22FN3OS/c1-11(2)12(3)21-18(24)17-9-16-13(4)22-23(19(16)25-17)10-14-5-7-15(20)8-6-14/h5-9,11-12H,10H2,1-4H3,(H,21,24). The molecule has 25 heavy (non-hydrogen) atoms. The molecular formula is C19H22FN3OS. The Kier molecular flexibility index (Phi) is 4.90. The molecule has 0 aliphatic heterocycles. The van der Waals surface area contributed by atoms with Gasteiger partial charge in [0.15, 0.2) is 0 Å². The third-order valence-corrected chi connectivity index (χ3v) is 5.58. The third kappa shape index (κ3) is 3.74. The van der Waals surface area contributed by atoms with Gasteiger partial charge in [0.1, 0.15) is 10.6 Å². The lowest BCUT2D eigenvalue weighted by molar-refractivity contribution is 0.0934. The highest BCUT2D eigenvalue weighted by Crippen LogP contribution is 2.29. The van der Waals surface area contributed by atoms with Gasteiger partial charge in [0.05, 0.1) is 17.1 Å². The Morgan fingerprint density at radius 1 is 1.28 bits per heavy atom. The fraction of sp³-hybridized carbons (Fsp3) is 0.368. The van der Waals surface area contributed by atoms with Crippen molar-refractivity contribution in [3.05, 3.63) is 52.3 Å². The summed E-state index contributed by atoms with van der Waals surface area (Å²) in [5.74, 6) is 0.0871. The molecule has 0 aliphatic rings. The molecule has 0 bridgehead atoms. The van der Waals surface area contributed by atoms with Crippen LogP contribution in [0, 0.1) is 18.7 Å². The average molecular weight is 359 g/mol. The van der Waals surface area contributed by atoms with Crippen molar-refractivity contribution in [3.8, 4) is 0 Å². The first kappa shape index (κ1) is 17.6. The molecular weight excluding hydrogens is 337 g/mol. The van der Waals surface area contributed by atoms with Crippen molar-refractivity contribution in [2.24, 2.45) is 5.92 Å². The van der Waals surface area contributed by atoms with Gasteiger partial charge in [0, 0.05) is 11.4 Å². The molecule has 4 nitrogen and oxygen atoms in total. The van der Waals surface area contributed by atoms with E-state index >= 15 is 0 Å². The van der Waals surface area contributed by atoms with E-state index in [1.165, 1.54) is 23.5 Å². The first-order valence-corrected chi connectivity index (χ1v) is 9.19. The molecule has 3 rings (SSSR count). The van der Waals surface area contributed by atoms with Crippen LogP contribution in [0.15, 0.2) is 30.3 Å². The van der Waals surface area contributed by atoms with Gasteiger partial charge in [0.2, 0.25) is 0 Å². The smallest absolute Gasteiger partial charge is 0.261 e. The first-order valence-electron chi connectivity index (χ1n) is 8.37. The molecule has 0 fully saturated rings. The zero-order valence-corrected chi connectivity index (χ0v) is 15.7. The number of rotatable bonds is 5. The van der Waals surface area contributed by atoms with Crippen LogP contribution in [-0.4, -0.2) is 21.7 Å². The molecule has 132 valence electrons. The number of hydrogen-bond acceptors (Lipinski definition) is 3. The Labute approximate surface area is 150 Å². The summed E-state index contributed by atoms with van der Waals surface area (Å²) in [4.78, 5) is 14.1. The van der Waals surface area contributed by atoms with Gasteiger partial charge in [0.25, 0.3) is 5.91 Å². The second-order valence-electron chi connectivity index (χ2n) is 6.71. The number of benzene rings is 1. The molecule has 2 aromatic heterocycles. The zero-order chi connectivity index (χ0) is 18.1. The number of aromatic nitrogens is 2. The maximum atomic E-state index is 13.1. The molecule has 0 saturated heterocycles. The van der Waals surface area contributed by atoms with Gasteiger partial charge in [-0.15, -0.1) is 11.3 Å². The Morgan fingerprint density at radius 2 is 1.96 bits per heavy atom. The summed E-state index contributed by atoms with van der Waals surface area (Å²) in [6.45, 7) is 8.67. The van der Waals surface area contributed by atoms with Crippen LogP contribution in [0.4, 0.5) is 4.39 Å². The number of amides is 1. The normalized spacial score (nSPS) is 12.7. The number of nitrogens with one attached hydrogen (secondary N) is 1. The summed E-state index contributed by atoms with van der Waals surface area (Å²) in [5.41, 5.74) is 1.86. The highest BCUT2D eigenvalue weighted by Gasteiger charge is 2.18. The molecule has 1 amide bonds. The molecule has 3 aromatic rings. The van der Waals surface area contributed by atoms with Gasteiger partial charge < -0.3 is 5.32 Å². The minimum Gasteiger partial charge on any atom is -0.349 e. The molecule has 1 N–H and O–H groups in total. The largest absolute Gasteiger partial charge is 0.349 e. The van der Waals surface area contributed by atoms with Crippen LogP contribution in [0.2, 0.25) is 0 Å². The second kappa shape index (κ2) is 6.96. The summed E-state index contributed by atoms with van der Waals surface area (Å²) < 4.78 is 15.0. The second-order valence-corrected chi connectivity index (χ2v) is 7.74. The topological polar surface area (TPSA) is 46.9 Å². The van der Waals surface area contributed by atoms with Gasteiger partial charge in [-0.1, -0.05) is 26.0 Å². The number of nitrogens with zero attached hydrogens (tertiary/aromatic N) is 2. The molecule has 0 radical (unpaired) electrons. The van der Waals surface area contributed by atoms with Crippen molar-refractivity contribution in [1.29, 1.82) is 0 Å². The van der Waals surface area contributed by atoms with E-state index in [4.69, 9.17) is 0 Å². The van der Waals surface area contributed by atoms with Crippen LogP contribution < -0.4 is 5.32 Å². The number of carbonyl (C=O) groups excluding carboxylic acids is 1. The van der Waals surface area contributed by atoms with Crippen LogP contribution in [0.25, 0.3) is 10.2 Å². The van der Waals surface area contributed by atoms with Crippen molar-refractivity contribution in [3.63, 3.8) is 0 Å². The van der Waals surface area contributed by atoms with Crippen molar-refractivity contribution in [1.82, 2.24) is 15.1 Å². The third-order valence-electron chi connectivity index (χ3n) is 4.44. The summed E-state index contributed by atoms with van der Waals surface area (Å²) in [6, 6.07) is 8.43. The number of aryl methyl sites for hydroxylation is 1. The van der Waals surface area contributed by atoms with Gasteiger partial charge in [-0.2, -0.15) is 5.10 Å². The zero-order valence-electron chi connectivity index (χ0n) is 14.8. The maximum absolute atomic E-state index is 13.1. The summed E-state index contributed by atoms with van der Waals surface area (Å²) in [7, 11) is 0. The van der Waals surface area contributed by atoms with Crippen molar-refractivity contribution in [2.75, 3.05) is 0 Å². The van der Waals surface area contributed by atoms with Gasteiger partial charge >= 0.3 is 0 Å². The van der Waals surface area contributed by atoms with Crippen LogP contribution >= 0.6 is 11.3 Å². The fourth-order valence-corrected chi connectivity index (χ4v) is 3.60. The first-order chi connectivity index (χ1) is 11.8. The minimum atomic E-state index is -0.250. The Bertz CT molecular complexity index is 895. The SMILES string of the molecule is Cc1nn(Cc2ccc(F)cc2)c2sc(C(=O)NC(C)C(C)C)cc12. The molecule has 0 spiro atoms. The van der Waals surface area contributed by atoms with E-state index in [1.807, 2.05) is 24.6 Å². The molecule has 1 aromatic carbocycles. The Hall–Kier alpha value is -2.21. The number of hydrogen-bond donors (Lipinski definition) is 1. The highest BCUT2D eigenvalue weighted by molar-refractivity contribution is 7.20. The van der Waals surface area contributed by atoms with Crippen molar-refractivity contribution < 1.29 is 9.18 Å². The van der Waals surface area contributed by atoms with E-state index in [9.17, 15) is 9.18 Å². The van der Waals surface area contributed by atoms with Crippen LogP contribution in [-0.2, 0) is 6.54 Å². The lowest BCUT2D eigenvalue weighted by Gasteiger charge is -2.16. The summed E-state index contributed by atoms with van der Waals surface area (Å²) in [5, 5.41) is 8.59. The molecule has 1 atom stereocenters. The maximum Gasteiger partial charge on any atom is 0.261 e. The molecule has 0 saturated carbocycles. The Balaban J connectivity index is 1.87. The predicted molar refractivity (Wildman–Crippen MR) is 99.6 cm³/mol. The van der Waals surface area contributed by atoms with E-state index in [0.29, 0.717) is 17.3 Å². The molecule has 2 heterocycles. The summed E-state index contributed by atoms with van der Waals surface area (Å²) >= 11 is 1.44. The number of thiophene rings is 1. The van der Waals surface area contributed by atoms with Crippen molar-refractivity contribution in [2.45, 2.75) is 40.3 Å². The average Bonchev–Trinajstić information content (AvgIpc) is 3.11. The molecule has 0 aliphatic carbocycles. The van der Waals surface area contributed by atoms with E-state index in [0.717, 1.165) is 21.5 Å². The number of fused-ring (bicyclic) bond motifs is 1. The van der Waals surface area contributed by atoms with Gasteiger partial charge in [-0.05, 0) is 43.5 Å². The van der Waals surface area contributed by atoms with Crippen molar-refractivity contribution >= 4 is 27.5 Å². The number of halogens is 1. The predicted octanol–water partition coefficient (Wildman–Crippen LogP) is 4.37. The summed E-state index contributed by atoms with van der Waals surface area (Å²) in [6.07, 6.45) is 0. The lowest BCUT2D eigenvalue weighted by Crippen LogP contribution is -2.35. The highest BCUT2D eigenvalue weighted by atomic mass is 32.1. The van der Waals surface area contributed by atoms with E-state index in [2.05, 4.69) is 24.3 Å². The van der Waals surface area contributed by atoms with Crippen LogP contribution in [0.3, 0.4) is 0 Å². The fourth-order valence-electron chi connectivity index (χ4n) is 2.54. The number of carbonyl (C=O) groups is 1. The molecule has 1 unspecified atom stereocenters. The van der Waals surface area contributed by atoms with Crippen LogP contribution in [0.5, 0.6) is 0 Å².